The Morgan fingerprint density at radius 2 is 1.46 bits per heavy atom. The van der Waals surface area contributed by atoms with Crippen LogP contribution in [0.15, 0.2) is 97.1 Å². The van der Waals surface area contributed by atoms with Crippen LogP contribution in [0.5, 0.6) is 0 Å². The van der Waals surface area contributed by atoms with Gasteiger partial charge < -0.3 is 14.5 Å². The van der Waals surface area contributed by atoms with E-state index in [1.807, 2.05) is 55.4 Å². The van der Waals surface area contributed by atoms with E-state index in [9.17, 15) is 18.4 Å². The third-order valence-corrected chi connectivity index (χ3v) is 6.22. The van der Waals surface area contributed by atoms with Crippen LogP contribution in [0, 0.1) is 11.6 Å². The number of ether oxygens (including phenoxy) is 1. The zero-order chi connectivity index (χ0) is 27.9. The fraction of sp³-hybridized carbons (Fsp3) is 0.125. The Labute approximate surface area is 226 Å². The van der Waals surface area contributed by atoms with Crippen molar-refractivity contribution in [3.63, 3.8) is 0 Å². The molecular weight excluding hydrogens is 498 g/mol. The topological polar surface area (TPSA) is 49.9 Å². The number of esters is 1. The summed E-state index contributed by atoms with van der Waals surface area (Å²) in [7, 11) is 5.26. The summed E-state index contributed by atoms with van der Waals surface area (Å²) in [5, 5.41) is 0. The number of carbonyl (C=O) groups is 2. The molecule has 39 heavy (non-hydrogen) atoms. The molecule has 0 unspecified atom stereocenters. The predicted molar refractivity (Wildman–Crippen MR) is 151 cm³/mol. The molecule has 4 aromatic carbocycles. The van der Waals surface area contributed by atoms with Crippen LogP contribution < -0.4 is 9.80 Å². The summed E-state index contributed by atoms with van der Waals surface area (Å²) >= 11 is 0. The lowest BCUT2D eigenvalue weighted by atomic mass is 10.0. The van der Waals surface area contributed by atoms with Crippen LogP contribution in [0.1, 0.15) is 21.5 Å². The Kier molecular flexibility index (Phi) is 8.51. The molecule has 0 aromatic heterocycles. The Bertz CT molecular complexity index is 1500. The van der Waals surface area contributed by atoms with Crippen molar-refractivity contribution in [2.24, 2.45) is 0 Å². The first-order chi connectivity index (χ1) is 18.7. The van der Waals surface area contributed by atoms with E-state index in [1.165, 1.54) is 24.2 Å². The third-order valence-electron chi connectivity index (χ3n) is 6.22. The molecule has 0 N–H and O–H groups in total. The maximum atomic E-state index is 14.0. The van der Waals surface area contributed by atoms with E-state index < -0.39 is 23.5 Å². The van der Waals surface area contributed by atoms with Gasteiger partial charge in [-0.2, -0.15) is 0 Å². The number of benzene rings is 4. The van der Waals surface area contributed by atoms with Crippen LogP contribution >= 0.6 is 0 Å². The van der Waals surface area contributed by atoms with Crippen molar-refractivity contribution in [2.75, 3.05) is 31.0 Å². The van der Waals surface area contributed by atoms with Crippen LogP contribution in [0.25, 0.3) is 17.2 Å². The minimum atomic E-state index is -1.10. The zero-order valence-corrected chi connectivity index (χ0v) is 21.9. The molecule has 4 rings (SSSR count). The van der Waals surface area contributed by atoms with Crippen LogP contribution in [0.3, 0.4) is 0 Å². The molecule has 0 atom stereocenters. The fourth-order valence-electron chi connectivity index (χ4n) is 4.03. The number of hydrogen-bond donors (Lipinski definition) is 0. The molecule has 198 valence electrons. The van der Waals surface area contributed by atoms with Crippen molar-refractivity contribution < 1.29 is 23.1 Å². The van der Waals surface area contributed by atoms with Crippen molar-refractivity contribution in [1.29, 1.82) is 0 Å². The maximum Gasteiger partial charge on any atom is 0.330 e. The van der Waals surface area contributed by atoms with Crippen molar-refractivity contribution in [3.05, 3.63) is 125 Å². The van der Waals surface area contributed by atoms with Crippen LogP contribution in [0.2, 0.25) is 0 Å². The van der Waals surface area contributed by atoms with Gasteiger partial charge in [0.2, 0.25) is 0 Å². The van der Waals surface area contributed by atoms with E-state index in [0.717, 1.165) is 34.5 Å². The molecule has 0 aliphatic heterocycles. The normalized spacial score (nSPS) is 10.9. The summed E-state index contributed by atoms with van der Waals surface area (Å²) in [6.45, 7) is 0.182. The summed E-state index contributed by atoms with van der Waals surface area (Å²) in [5.74, 6) is -3.12. The number of amides is 1. The summed E-state index contributed by atoms with van der Waals surface area (Å²) < 4.78 is 32.2. The summed E-state index contributed by atoms with van der Waals surface area (Å²) in [6.07, 6.45) is 2.86. The molecule has 0 saturated heterocycles. The fourth-order valence-corrected chi connectivity index (χ4v) is 4.03. The molecule has 0 fully saturated rings. The smallest absolute Gasteiger partial charge is 0.330 e. The lowest BCUT2D eigenvalue weighted by molar-refractivity contribution is -0.134. The summed E-state index contributed by atoms with van der Waals surface area (Å²) in [4.78, 5) is 28.6. The van der Waals surface area contributed by atoms with Crippen molar-refractivity contribution >= 4 is 29.3 Å². The Balaban J connectivity index is 1.65. The lowest BCUT2D eigenvalue weighted by Crippen LogP contribution is -2.30. The molecule has 0 bridgehead atoms. The minimum Gasteiger partial charge on any atom is -0.466 e. The molecule has 0 spiro atoms. The van der Waals surface area contributed by atoms with Gasteiger partial charge >= 0.3 is 5.97 Å². The zero-order valence-electron chi connectivity index (χ0n) is 21.9. The van der Waals surface area contributed by atoms with E-state index in [4.69, 9.17) is 0 Å². The van der Waals surface area contributed by atoms with Gasteiger partial charge in [0, 0.05) is 37.1 Å². The van der Waals surface area contributed by atoms with E-state index in [-0.39, 0.29) is 12.1 Å². The molecule has 4 aromatic rings. The molecule has 1 amide bonds. The average molecular weight is 527 g/mol. The molecule has 0 saturated carbocycles. The molecule has 0 radical (unpaired) electrons. The first-order valence-corrected chi connectivity index (χ1v) is 12.2. The average Bonchev–Trinajstić information content (AvgIpc) is 2.96. The molecule has 0 aliphatic carbocycles. The molecule has 5 nitrogen and oxygen atoms in total. The lowest BCUT2D eigenvalue weighted by Gasteiger charge is -2.24. The van der Waals surface area contributed by atoms with Gasteiger partial charge in [-0.15, -0.1) is 0 Å². The van der Waals surface area contributed by atoms with Crippen molar-refractivity contribution in [2.45, 2.75) is 6.54 Å². The number of methoxy groups -OCH3 is 1. The molecule has 0 aliphatic rings. The second-order valence-electron chi connectivity index (χ2n) is 9.11. The highest BCUT2D eigenvalue weighted by atomic mass is 19.2. The van der Waals surface area contributed by atoms with E-state index in [2.05, 4.69) is 16.9 Å². The van der Waals surface area contributed by atoms with Gasteiger partial charge in [-0.25, -0.2) is 13.6 Å². The highest BCUT2D eigenvalue weighted by Gasteiger charge is 2.20. The summed E-state index contributed by atoms with van der Waals surface area (Å²) in [6, 6.07) is 26.1. The van der Waals surface area contributed by atoms with Gasteiger partial charge in [0.05, 0.1) is 13.7 Å². The summed E-state index contributed by atoms with van der Waals surface area (Å²) in [5.41, 5.74) is 5.24. The van der Waals surface area contributed by atoms with Crippen molar-refractivity contribution in [1.82, 2.24) is 0 Å². The maximum absolute atomic E-state index is 14.0. The minimum absolute atomic E-state index is 0.0157. The SMILES string of the molecule is COC(=O)/C=C/c1cccc(N(Cc2ccc(-c3ccc(N(C)C)cc3)cc2)C(=O)c2ccc(F)c(F)c2)c1. The Hall–Kier alpha value is -4.78. The van der Waals surface area contributed by atoms with Crippen molar-refractivity contribution in [3.8, 4) is 11.1 Å². The standard InChI is InChI=1S/C32H28F2N2O3/c1-35(2)27-15-12-25(13-16-27)24-10-7-23(8-11-24)21-36(32(38)26-14-17-29(33)30(34)20-26)28-6-4-5-22(19-28)9-18-31(37)39-3/h4-20H,21H2,1-3H3/b18-9+. The van der Waals surface area contributed by atoms with Crippen LogP contribution in [-0.4, -0.2) is 33.1 Å². The number of anilines is 2. The van der Waals surface area contributed by atoms with Gasteiger partial charge in [0.15, 0.2) is 11.6 Å². The third kappa shape index (κ3) is 6.76. The number of hydrogen-bond acceptors (Lipinski definition) is 4. The number of halogens is 2. The van der Waals surface area contributed by atoms with Gasteiger partial charge in [0.1, 0.15) is 0 Å². The van der Waals surface area contributed by atoms with Crippen LogP contribution in [-0.2, 0) is 16.1 Å². The molecular formula is C32H28F2N2O3. The quantitative estimate of drug-likeness (QED) is 0.189. The van der Waals surface area contributed by atoms with E-state index in [1.54, 1.807) is 30.3 Å². The second-order valence-corrected chi connectivity index (χ2v) is 9.11. The van der Waals surface area contributed by atoms with Gasteiger partial charge in [-0.1, -0.05) is 48.5 Å². The van der Waals surface area contributed by atoms with Gasteiger partial charge in [0.25, 0.3) is 5.91 Å². The molecule has 0 heterocycles. The van der Waals surface area contributed by atoms with Gasteiger partial charge in [-0.3, -0.25) is 4.79 Å². The van der Waals surface area contributed by atoms with E-state index in [0.29, 0.717) is 11.3 Å². The first-order valence-electron chi connectivity index (χ1n) is 12.2. The van der Waals surface area contributed by atoms with E-state index >= 15 is 0 Å². The van der Waals surface area contributed by atoms with Gasteiger partial charge in [-0.05, 0) is 70.8 Å². The highest BCUT2D eigenvalue weighted by Crippen LogP contribution is 2.26. The second kappa shape index (κ2) is 12.2. The first kappa shape index (κ1) is 27.3. The monoisotopic (exact) mass is 526 g/mol. The number of rotatable bonds is 8. The largest absolute Gasteiger partial charge is 0.466 e. The predicted octanol–water partition coefficient (Wildman–Crippen LogP) is 6.73. The Morgan fingerprint density at radius 1 is 0.795 bits per heavy atom. The van der Waals surface area contributed by atoms with Crippen LogP contribution in [0.4, 0.5) is 20.2 Å². The molecule has 7 heteroatoms. The number of carbonyl (C=O) groups excluding carboxylic acids is 2. The Morgan fingerprint density at radius 3 is 2.08 bits per heavy atom. The number of nitrogens with zero attached hydrogens (tertiary/aromatic N) is 2. The highest BCUT2D eigenvalue weighted by molar-refractivity contribution is 6.06.